The first-order chi connectivity index (χ1) is 13.6. The molecule has 0 aliphatic carbocycles. The Morgan fingerprint density at radius 1 is 1.11 bits per heavy atom. The molecule has 0 amide bonds. The maximum absolute atomic E-state index is 12.1. The highest BCUT2D eigenvalue weighted by atomic mass is 16.6. The Balaban J connectivity index is 1.60. The number of esters is 1. The van der Waals surface area contributed by atoms with E-state index in [9.17, 15) is 4.79 Å². The third kappa shape index (κ3) is 4.68. The normalized spacial score (nSPS) is 11.7. The van der Waals surface area contributed by atoms with Gasteiger partial charge in [0.15, 0.2) is 6.61 Å². The fraction of sp³-hybridized carbons (Fsp3) is 0.286. The van der Waals surface area contributed by atoms with E-state index in [0.29, 0.717) is 22.9 Å². The molecule has 1 aromatic heterocycles. The number of benzene rings is 2. The molecule has 0 unspecified atom stereocenters. The minimum absolute atomic E-state index is 0.0653. The number of rotatable bonds is 8. The van der Waals surface area contributed by atoms with Crippen molar-refractivity contribution in [3.63, 3.8) is 0 Å². The van der Waals surface area contributed by atoms with E-state index in [2.05, 4.69) is 10.1 Å². The molecule has 3 rings (SSSR count). The molecule has 2 aromatic carbocycles. The van der Waals surface area contributed by atoms with E-state index in [1.807, 2.05) is 37.3 Å². The molecule has 0 N–H and O–H groups in total. The van der Waals surface area contributed by atoms with Gasteiger partial charge in [-0.05, 0) is 23.6 Å². The van der Waals surface area contributed by atoms with Gasteiger partial charge in [0.05, 0.1) is 26.2 Å². The van der Waals surface area contributed by atoms with Crippen molar-refractivity contribution in [2.45, 2.75) is 25.9 Å². The van der Waals surface area contributed by atoms with Crippen molar-refractivity contribution in [1.29, 1.82) is 0 Å². The van der Waals surface area contributed by atoms with Gasteiger partial charge < -0.3 is 18.7 Å². The van der Waals surface area contributed by atoms with Gasteiger partial charge in [-0.25, -0.2) is 0 Å². The summed E-state index contributed by atoms with van der Waals surface area (Å²) in [6.45, 7) is 1.91. The molecule has 1 atom stereocenters. The Kier molecular flexibility index (Phi) is 6.26. The van der Waals surface area contributed by atoms with Crippen molar-refractivity contribution < 1.29 is 23.5 Å². The van der Waals surface area contributed by atoms with Crippen LogP contribution in [0.2, 0.25) is 0 Å². The van der Waals surface area contributed by atoms with Crippen LogP contribution in [0, 0.1) is 0 Å². The maximum Gasteiger partial charge on any atom is 0.306 e. The summed E-state index contributed by atoms with van der Waals surface area (Å²) >= 11 is 0. The highest BCUT2D eigenvalue weighted by Crippen LogP contribution is 2.31. The summed E-state index contributed by atoms with van der Waals surface area (Å²) < 4.78 is 21.0. The monoisotopic (exact) mass is 382 g/mol. The quantitative estimate of drug-likeness (QED) is 0.545. The number of ether oxygens (including phenoxy) is 3. The van der Waals surface area contributed by atoms with Crippen molar-refractivity contribution in [3.05, 3.63) is 60.0 Å². The van der Waals surface area contributed by atoms with Gasteiger partial charge in [-0.1, -0.05) is 42.4 Å². The van der Waals surface area contributed by atoms with Crippen LogP contribution in [0.25, 0.3) is 11.4 Å². The van der Waals surface area contributed by atoms with Crippen LogP contribution in [-0.2, 0) is 16.1 Å². The largest absolute Gasteiger partial charge is 0.497 e. The van der Waals surface area contributed by atoms with Gasteiger partial charge in [-0.15, -0.1) is 0 Å². The molecular weight excluding hydrogens is 360 g/mol. The van der Waals surface area contributed by atoms with E-state index in [1.165, 1.54) is 0 Å². The minimum Gasteiger partial charge on any atom is -0.497 e. The smallest absolute Gasteiger partial charge is 0.306 e. The second-order valence-corrected chi connectivity index (χ2v) is 6.25. The van der Waals surface area contributed by atoms with Gasteiger partial charge in [-0.2, -0.15) is 4.98 Å². The predicted molar refractivity (Wildman–Crippen MR) is 102 cm³/mol. The molecule has 1 heterocycles. The Bertz CT molecular complexity index is 924. The molecule has 0 aliphatic rings. The number of aromatic nitrogens is 2. The second-order valence-electron chi connectivity index (χ2n) is 6.25. The van der Waals surface area contributed by atoms with Gasteiger partial charge in [0.1, 0.15) is 11.5 Å². The highest BCUT2D eigenvalue weighted by molar-refractivity contribution is 5.70. The molecule has 146 valence electrons. The van der Waals surface area contributed by atoms with Gasteiger partial charge in [0, 0.05) is 6.07 Å². The lowest BCUT2D eigenvalue weighted by Gasteiger charge is -2.10. The Hall–Kier alpha value is -3.35. The summed E-state index contributed by atoms with van der Waals surface area (Å²) in [4.78, 5) is 16.4. The SMILES string of the molecule is COc1ccc(-c2noc(COC(=O)C[C@@H](C)c3ccccc3)n2)c(OC)c1. The van der Waals surface area contributed by atoms with Crippen molar-refractivity contribution in [2.75, 3.05) is 14.2 Å². The lowest BCUT2D eigenvalue weighted by molar-refractivity contribution is -0.146. The number of carbonyl (C=O) groups excluding carboxylic acids is 1. The van der Waals surface area contributed by atoms with E-state index < -0.39 is 0 Å². The Labute approximate surface area is 163 Å². The van der Waals surface area contributed by atoms with E-state index in [-0.39, 0.29) is 30.8 Å². The zero-order valence-corrected chi connectivity index (χ0v) is 16.0. The first-order valence-corrected chi connectivity index (χ1v) is 8.86. The zero-order valence-electron chi connectivity index (χ0n) is 16.0. The second kappa shape index (κ2) is 9.03. The summed E-state index contributed by atoms with van der Waals surface area (Å²) in [5.41, 5.74) is 1.74. The number of hydrogen-bond donors (Lipinski definition) is 0. The summed E-state index contributed by atoms with van der Waals surface area (Å²) in [6, 6.07) is 15.1. The van der Waals surface area contributed by atoms with Crippen molar-refractivity contribution in [2.24, 2.45) is 0 Å². The average molecular weight is 382 g/mol. The lowest BCUT2D eigenvalue weighted by atomic mass is 9.98. The summed E-state index contributed by atoms with van der Waals surface area (Å²) in [5, 5.41) is 3.94. The molecule has 0 saturated carbocycles. The molecule has 28 heavy (non-hydrogen) atoms. The molecular formula is C21H22N2O5. The minimum atomic E-state index is -0.321. The summed E-state index contributed by atoms with van der Waals surface area (Å²) in [5.74, 6) is 1.52. The van der Waals surface area contributed by atoms with Crippen LogP contribution in [0.5, 0.6) is 11.5 Å². The number of hydrogen-bond acceptors (Lipinski definition) is 7. The number of methoxy groups -OCH3 is 2. The zero-order chi connectivity index (χ0) is 19.9. The van der Waals surface area contributed by atoms with Gasteiger partial charge >= 0.3 is 5.97 Å². The molecule has 3 aromatic rings. The van der Waals surface area contributed by atoms with Gasteiger partial charge in [0.25, 0.3) is 5.89 Å². The average Bonchev–Trinajstić information content (AvgIpc) is 3.21. The molecule has 7 nitrogen and oxygen atoms in total. The van der Waals surface area contributed by atoms with Crippen LogP contribution in [0.1, 0.15) is 30.7 Å². The molecule has 0 bridgehead atoms. The van der Waals surface area contributed by atoms with Crippen LogP contribution in [-0.4, -0.2) is 30.3 Å². The van der Waals surface area contributed by atoms with Crippen LogP contribution in [0.15, 0.2) is 53.1 Å². The van der Waals surface area contributed by atoms with E-state index in [1.54, 1.807) is 32.4 Å². The van der Waals surface area contributed by atoms with E-state index in [0.717, 1.165) is 5.56 Å². The van der Waals surface area contributed by atoms with Crippen LogP contribution < -0.4 is 9.47 Å². The lowest BCUT2D eigenvalue weighted by Crippen LogP contribution is -2.09. The van der Waals surface area contributed by atoms with Crippen molar-refractivity contribution >= 4 is 5.97 Å². The van der Waals surface area contributed by atoms with Crippen LogP contribution in [0.3, 0.4) is 0 Å². The first-order valence-electron chi connectivity index (χ1n) is 8.86. The Morgan fingerprint density at radius 2 is 1.89 bits per heavy atom. The van der Waals surface area contributed by atoms with Crippen LogP contribution in [0.4, 0.5) is 0 Å². The van der Waals surface area contributed by atoms with Crippen molar-refractivity contribution in [1.82, 2.24) is 10.1 Å². The molecule has 0 radical (unpaired) electrons. The Morgan fingerprint density at radius 3 is 2.61 bits per heavy atom. The van der Waals surface area contributed by atoms with Crippen molar-refractivity contribution in [3.8, 4) is 22.9 Å². The fourth-order valence-electron chi connectivity index (χ4n) is 2.76. The van der Waals surface area contributed by atoms with E-state index >= 15 is 0 Å². The number of carbonyl (C=O) groups is 1. The maximum atomic E-state index is 12.1. The topological polar surface area (TPSA) is 83.7 Å². The summed E-state index contributed by atoms with van der Waals surface area (Å²) in [6.07, 6.45) is 0.275. The molecule has 0 saturated heterocycles. The fourth-order valence-corrected chi connectivity index (χ4v) is 2.76. The molecule has 0 fully saturated rings. The van der Waals surface area contributed by atoms with Gasteiger partial charge in [-0.3, -0.25) is 4.79 Å². The molecule has 7 heteroatoms. The summed E-state index contributed by atoms with van der Waals surface area (Å²) in [7, 11) is 3.13. The highest BCUT2D eigenvalue weighted by Gasteiger charge is 2.17. The third-order valence-electron chi connectivity index (χ3n) is 4.32. The first kappa shape index (κ1) is 19.4. The number of nitrogens with zero attached hydrogens (tertiary/aromatic N) is 2. The van der Waals surface area contributed by atoms with E-state index in [4.69, 9.17) is 18.7 Å². The molecule has 0 spiro atoms. The van der Waals surface area contributed by atoms with Crippen LogP contribution >= 0.6 is 0 Å². The standard InChI is InChI=1S/C21H22N2O5/c1-14(15-7-5-4-6-8-15)11-20(24)27-13-19-22-21(23-28-19)17-10-9-16(25-2)12-18(17)26-3/h4-10,12,14H,11,13H2,1-3H3/t14-/m1/s1. The third-order valence-corrected chi connectivity index (χ3v) is 4.32. The molecule has 0 aliphatic heterocycles. The van der Waals surface area contributed by atoms with Gasteiger partial charge in [0.2, 0.25) is 5.82 Å². The predicted octanol–water partition coefficient (Wildman–Crippen LogP) is 3.99.